The van der Waals surface area contributed by atoms with E-state index in [1.807, 2.05) is 0 Å². The Bertz CT molecular complexity index is 433. The molecule has 2 saturated carbocycles. The van der Waals surface area contributed by atoms with Crippen LogP contribution in [0.1, 0.15) is 219 Å². The fourth-order valence-corrected chi connectivity index (χ4v) is 9.92. The Morgan fingerprint density at radius 2 is 0.622 bits per heavy atom. The molecule has 0 unspecified atom stereocenters. The molecular weight excluding hydrogens is 464 g/mol. The van der Waals surface area contributed by atoms with E-state index < -0.39 is 0 Å². The molecule has 1 heteroatoms. The minimum Gasteiger partial charge on any atom is -0.148 e. The molecule has 0 nitrogen and oxygen atoms in total. The summed E-state index contributed by atoms with van der Waals surface area (Å²) in [6.07, 6.45) is 47.8. The Kier molecular flexibility index (Phi) is 20.0. The summed E-state index contributed by atoms with van der Waals surface area (Å²) in [6, 6.07) is 0. The van der Waals surface area contributed by atoms with Crippen LogP contribution in [0.4, 0.5) is 0 Å². The van der Waals surface area contributed by atoms with Gasteiger partial charge in [-0.15, -0.1) is 11.8 Å². The highest BCUT2D eigenvalue weighted by molar-refractivity contribution is 8.02. The molecule has 0 N–H and O–H groups in total. The van der Waals surface area contributed by atoms with Crippen LogP contribution in [0.3, 0.4) is 0 Å². The summed E-state index contributed by atoms with van der Waals surface area (Å²) in [4.78, 5) is 0. The van der Waals surface area contributed by atoms with Gasteiger partial charge in [-0.2, -0.15) is 0 Å². The smallest absolute Gasteiger partial charge is 0.0165 e. The lowest BCUT2D eigenvalue weighted by molar-refractivity contribution is 0.361. The van der Waals surface area contributed by atoms with E-state index in [1.54, 1.807) is 0 Å². The topological polar surface area (TPSA) is 0 Å². The van der Waals surface area contributed by atoms with Crippen LogP contribution < -0.4 is 0 Å². The highest BCUT2D eigenvalue weighted by atomic mass is 32.2. The summed E-state index contributed by atoms with van der Waals surface area (Å²) in [6.45, 7) is 4.71. The first-order valence-corrected chi connectivity index (χ1v) is 18.8. The van der Waals surface area contributed by atoms with Crippen molar-refractivity contribution < 1.29 is 0 Å². The summed E-state index contributed by atoms with van der Waals surface area (Å²) in [5, 5.41) is 0. The van der Waals surface area contributed by atoms with Gasteiger partial charge < -0.3 is 0 Å². The molecule has 2 aliphatic rings. The Labute approximate surface area is 240 Å². The van der Waals surface area contributed by atoms with E-state index >= 15 is 0 Å². The Hall–Kier alpha value is 0.350. The highest BCUT2D eigenvalue weighted by Crippen LogP contribution is 2.53. The number of thioether (sulfide) groups is 1. The first kappa shape index (κ1) is 33.6. The molecule has 37 heavy (non-hydrogen) atoms. The Morgan fingerprint density at radius 3 is 0.946 bits per heavy atom. The second-order valence-electron chi connectivity index (χ2n) is 13.5. The van der Waals surface area contributed by atoms with Gasteiger partial charge in [-0.25, -0.2) is 0 Å². The first-order chi connectivity index (χ1) is 18.2. The molecule has 0 bridgehead atoms. The van der Waals surface area contributed by atoms with Gasteiger partial charge in [0.2, 0.25) is 0 Å². The summed E-state index contributed by atoms with van der Waals surface area (Å²) < 4.78 is 1.18. The predicted octanol–water partition coefficient (Wildman–Crippen LogP) is 13.7. The Balaban J connectivity index is 2.14. The standard InChI is InChI=1S/C36H70S/c1-3-5-7-9-17-23-29-35(31-25-19-13-11-14-20-26-32-35)37-36(30-24-18-10-8-6-4-2)33-27-21-15-12-16-22-28-34-36/h3-34H2,1-2H3. The maximum atomic E-state index is 2.65. The molecule has 0 aromatic rings. The molecule has 220 valence electrons. The lowest BCUT2D eigenvalue weighted by Crippen LogP contribution is -2.36. The molecule has 0 spiro atoms. The van der Waals surface area contributed by atoms with Crippen molar-refractivity contribution in [1.82, 2.24) is 0 Å². The molecule has 2 aliphatic carbocycles. The van der Waals surface area contributed by atoms with Crippen molar-refractivity contribution in [2.45, 2.75) is 229 Å². The molecule has 0 aromatic carbocycles. The third-order valence-electron chi connectivity index (χ3n) is 9.93. The van der Waals surface area contributed by atoms with E-state index in [0.717, 1.165) is 0 Å². The molecule has 0 aromatic heterocycles. The van der Waals surface area contributed by atoms with Crippen LogP contribution in [0.25, 0.3) is 0 Å². The maximum absolute atomic E-state index is 2.65. The van der Waals surface area contributed by atoms with Crippen LogP contribution in [0.5, 0.6) is 0 Å². The van der Waals surface area contributed by atoms with Crippen molar-refractivity contribution in [2.75, 3.05) is 0 Å². The SMILES string of the molecule is CCCCCCCCC1(SC2(CCCCCCCC)CCCCCCCCC2)CCCCCCCCC1. The van der Waals surface area contributed by atoms with Crippen LogP contribution in [0.15, 0.2) is 0 Å². The average Bonchev–Trinajstić information content (AvgIpc) is 2.91. The van der Waals surface area contributed by atoms with Gasteiger partial charge in [0.1, 0.15) is 0 Å². The van der Waals surface area contributed by atoms with Gasteiger partial charge in [-0.3, -0.25) is 0 Å². The number of hydrogen-bond donors (Lipinski definition) is 0. The third-order valence-corrected chi connectivity index (χ3v) is 12.0. The monoisotopic (exact) mass is 535 g/mol. The molecule has 0 saturated heterocycles. The van der Waals surface area contributed by atoms with Crippen LogP contribution >= 0.6 is 11.8 Å². The average molecular weight is 535 g/mol. The minimum absolute atomic E-state index is 0.592. The second-order valence-corrected chi connectivity index (χ2v) is 15.4. The van der Waals surface area contributed by atoms with Gasteiger partial charge in [0, 0.05) is 9.49 Å². The molecule has 0 radical (unpaired) electrons. The quantitative estimate of drug-likeness (QED) is 0.177. The van der Waals surface area contributed by atoms with Crippen LogP contribution in [-0.2, 0) is 0 Å². The van der Waals surface area contributed by atoms with Crippen LogP contribution in [0.2, 0.25) is 0 Å². The molecular formula is C36H70S. The van der Waals surface area contributed by atoms with E-state index in [9.17, 15) is 0 Å². The van der Waals surface area contributed by atoms with Gasteiger partial charge in [0.15, 0.2) is 0 Å². The van der Waals surface area contributed by atoms with E-state index in [4.69, 9.17) is 0 Å². The summed E-state index contributed by atoms with van der Waals surface area (Å²) in [7, 11) is 0. The zero-order valence-corrected chi connectivity index (χ0v) is 26.9. The van der Waals surface area contributed by atoms with Gasteiger partial charge in [0.25, 0.3) is 0 Å². The molecule has 2 rings (SSSR count). The van der Waals surface area contributed by atoms with Crippen molar-refractivity contribution in [1.29, 1.82) is 0 Å². The Morgan fingerprint density at radius 1 is 0.351 bits per heavy atom. The lowest BCUT2D eigenvalue weighted by Gasteiger charge is -2.45. The van der Waals surface area contributed by atoms with Crippen molar-refractivity contribution in [2.24, 2.45) is 0 Å². The molecule has 2 fully saturated rings. The lowest BCUT2D eigenvalue weighted by atomic mass is 9.86. The number of hydrogen-bond acceptors (Lipinski definition) is 1. The zero-order valence-electron chi connectivity index (χ0n) is 26.0. The van der Waals surface area contributed by atoms with E-state index in [0.29, 0.717) is 9.49 Å². The normalized spacial score (nSPS) is 21.9. The van der Waals surface area contributed by atoms with Crippen molar-refractivity contribution in [3.63, 3.8) is 0 Å². The van der Waals surface area contributed by atoms with E-state index in [-0.39, 0.29) is 0 Å². The third kappa shape index (κ3) is 15.7. The summed E-state index contributed by atoms with van der Waals surface area (Å²) in [5.41, 5.74) is 0. The minimum atomic E-state index is 0.592. The summed E-state index contributed by atoms with van der Waals surface area (Å²) >= 11 is 2.65. The van der Waals surface area contributed by atoms with Crippen molar-refractivity contribution >= 4 is 11.8 Å². The van der Waals surface area contributed by atoms with Crippen molar-refractivity contribution in [3.8, 4) is 0 Å². The van der Waals surface area contributed by atoms with Crippen LogP contribution in [-0.4, -0.2) is 9.49 Å². The van der Waals surface area contributed by atoms with Gasteiger partial charge in [-0.05, 0) is 38.5 Å². The van der Waals surface area contributed by atoms with Crippen LogP contribution in [0, 0.1) is 0 Å². The largest absolute Gasteiger partial charge is 0.148 e. The number of rotatable bonds is 16. The fraction of sp³-hybridized carbons (Fsp3) is 1.00. The highest BCUT2D eigenvalue weighted by Gasteiger charge is 2.40. The van der Waals surface area contributed by atoms with E-state index in [2.05, 4.69) is 25.6 Å². The first-order valence-electron chi connectivity index (χ1n) is 17.9. The fourth-order valence-electron chi connectivity index (χ4n) is 7.53. The molecule has 0 atom stereocenters. The van der Waals surface area contributed by atoms with E-state index in [1.165, 1.54) is 205 Å². The second kappa shape index (κ2) is 22.1. The summed E-state index contributed by atoms with van der Waals surface area (Å²) in [5.74, 6) is 0. The van der Waals surface area contributed by atoms with Gasteiger partial charge in [0.05, 0.1) is 0 Å². The molecule has 0 aliphatic heterocycles. The number of unbranched alkanes of at least 4 members (excludes halogenated alkanes) is 10. The van der Waals surface area contributed by atoms with Gasteiger partial charge in [-0.1, -0.05) is 181 Å². The van der Waals surface area contributed by atoms with Gasteiger partial charge >= 0.3 is 0 Å². The maximum Gasteiger partial charge on any atom is 0.0165 e. The zero-order chi connectivity index (χ0) is 26.3. The molecule has 0 heterocycles. The van der Waals surface area contributed by atoms with Crippen molar-refractivity contribution in [3.05, 3.63) is 0 Å². The molecule has 0 amide bonds. The predicted molar refractivity (Wildman–Crippen MR) is 172 cm³/mol.